The maximum absolute atomic E-state index is 5.25. The minimum atomic E-state index is 0. The molecule has 32 heteroatoms. The van der Waals surface area contributed by atoms with Crippen molar-refractivity contribution in [1.29, 1.82) is 0 Å². The van der Waals surface area contributed by atoms with Gasteiger partial charge in [-0.05, 0) is 0 Å². The van der Waals surface area contributed by atoms with Crippen LogP contribution in [0.5, 0.6) is 0 Å². The Labute approximate surface area is 303 Å². The molecule has 0 heterocycles. The van der Waals surface area contributed by atoms with Crippen LogP contribution in [-0.4, -0.2) is 0 Å². The van der Waals surface area contributed by atoms with Crippen LogP contribution in [0.2, 0.25) is 45.2 Å². The third-order valence-electron chi connectivity index (χ3n) is 0. The van der Waals surface area contributed by atoms with Crippen molar-refractivity contribution in [3.8, 4) is 0 Å². The summed E-state index contributed by atoms with van der Waals surface area (Å²) in [5.74, 6) is 0. The summed E-state index contributed by atoms with van der Waals surface area (Å²) in [4.78, 5) is 0. The highest BCUT2D eigenvalue weighted by molar-refractivity contribution is 2.51. The van der Waals surface area contributed by atoms with Gasteiger partial charge in [-0.1, -0.05) is 59.4 Å². The minimum Gasteiger partial charge on any atom is -0.344 e. The predicted octanol–water partition coefficient (Wildman–Crippen LogP) is 10.3. The smallest absolute Gasteiger partial charge is 0.115 e. The van der Waals surface area contributed by atoms with Crippen molar-refractivity contribution in [2.45, 2.75) is 59.4 Å². The van der Waals surface area contributed by atoms with Gasteiger partial charge < -0.3 is 197 Å². The second kappa shape index (κ2) is 31000. The molecule has 0 spiro atoms. The van der Waals surface area contributed by atoms with E-state index in [4.69, 9.17) is 45.2 Å². The first kappa shape index (κ1) is 58.4. The molecule has 0 fully saturated rings. The molecular weight excluding hydrogens is 544 g/mol. The number of hydrogen-bond donors (Lipinski definition) is 32. The van der Waals surface area contributed by atoms with E-state index in [0.717, 1.165) is 0 Å². The van der Waals surface area contributed by atoms with Gasteiger partial charge >= 0.3 is 0 Å². The first-order chi connectivity index (χ1) is 32.0. The first-order valence-electron chi connectivity index (χ1n) is 18.5. The van der Waals surface area contributed by atoms with E-state index in [9.17, 15) is 0 Å². The Kier molecular flexibility index (Phi) is 45300. The Balaban J connectivity index is -0.00000000385. The molecule has 0 rings (SSSR count). The molecule has 0 aromatic heterocycles. The molecule has 0 saturated carbocycles. The van der Waals surface area contributed by atoms with Crippen LogP contribution in [-0.2, 0) is 0 Å². The Morgan fingerprint density at radius 3 is 0.100 bits per heavy atom. The van der Waals surface area contributed by atoms with Crippen LogP contribution in [0, 0.1) is 0 Å². The summed E-state index contributed by atoms with van der Waals surface area (Å²) in [5, 5.41) is 0. The zero-order chi connectivity index (χ0) is 64.0. The lowest BCUT2D eigenvalue weighted by molar-refractivity contribution is 2.13. The van der Waals surface area contributed by atoms with E-state index in [1.165, 1.54) is 0 Å². The quantitative estimate of drug-likeness (QED) is 0.111. The van der Waals surface area contributed by atoms with Crippen molar-refractivity contribution < 1.29 is 45.2 Å². The summed E-state index contributed by atoms with van der Waals surface area (Å²) in [6.07, 6.45) is 120. The van der Waals surface area contributed by atoms with Crippen LogP contribution in [0.3, 0.4) is 0 Å². The van der Waals surface area contributed by atoms with E-state index in [0.29, 0.717) is 0 Å². The SMILES string of the molecule is C.C.C.C.C.C.C.C.[2H]N.[2H]N.[2H]N.[2H]N.[2H]N.[2H]N.[2H]N.[2H]N.[2H]N.[2H]N.[2H]N.[2H]N.[2H]N.[2H]N.[2H]N.[2H]N.[2H]N.[2H]N.[2H]N.[2H]N.[2H]N.[2H]N.[2H]N.[2H]N.[2H]N.[2H]N.[2H]N.[2H]N.[2H]N.[2H]N.[2H]N.[2H]N. The van der Waals surface area contributed by atoms with Gasteiger partial charge in [0.05, 0.1) is 0 Å². The van der Waals surface area contributed by atoms with Crippen LogP contribution in [0.4, 0.5) is 0 Å². The zero-order valence-electron chi connectivity index (χ0n) is 50.5. The van der Waals surface area contributed by atoms with Crippen molar-refractivity contribution in [2.24, 2.45) is 0 Å². The van der Waals surface area contributed by atoms with Crippen LogP contribution in [0.1, 0.15) is 59.4 Å². The van der Waals surface area contributed by atoms with Gasteiger partial charge in [-0.2, -0.15) is 0 Å². The van der Waals surface area contributed by atoms with Crippen LogP contribution in [0.25, 0.3) is 0 Å². The molecular formula is C8H128N32. The lowest BCUT2D eigenvalue weighted by Gasteiger charge is -0.345. The average Bonchev–Trinajstić information content (AvgIpc) is 3.55. The molecule has 0 amide bonds. The Hall–Kier alpha value is -1.28. The molecule has 0 aliphatic carbocycles. The maximum Gasteiger partial charge on any atom is 0.115 e. The third kappa shape index (κ3) is 28600. The van der Waals surface area contributed by atoms with Gasteiger partial charge in [0, 0.05) is 0 Å². The summed E-state index contributed by atoms with van der Waals surface area (Å²) in [7, 11) is 0. The molecule has 96 N–H and O–H groups in total. The van der Waals surface area contributed by atoms with E-state index in [-0.39, 0.29) is 59.4 Å². The van der Waals surface area contributed by atoms with E-state index >= 15 is 0 Å². The lowest BCUT2D eigenvalue weighted by Crippen LogP contribution is -0.482. The van der Waals surface area contributed by atoms with Crippen LogP contribution in [0.15, 0.2) is 0 Å². The van der Waals surface area contributed by atoms with Gasteiger partial charge in [-0.3, -0.25) is 0 Å². The molecule has 0 bridgehead atoms. The monoisotopic (exact) mass is 705 g/mol. The third-order valence-corrected chi connectivity index (χ3v) is 0. The lowest BCUT2D eigenvalue weighted by atomic mass is 12.0. The fraction of sp³-hybridized carbons (Fsp3) is 1.00. The standard InChI is InChI=1S/8CH4.32H3N/h8*1H4;32*1H3/i/hD32. The largest absolute Gasteiger partial charge is 0.344 e. The van der Waals surface area contributed by atoms with E-state index < -0.39 is 0 Å². The van der Waals surface area contributed by atoms with Gasteiger partial charge in [-0.15, -0.1) is 0 Å². The Morgan fingerprint density at radius 1 is 0.100 bits per heavy atom. The summed E-state index contributed by atoms with van der Waals surface area (Å²) in [5.41, 5.74) is 0. The van der Waals surface area contributed by atoms with Gasteiger partial charge in [0.15, 0.2) is 0 Å². The van der Waals surface area contributed by atoms with E-state index in [1.807, 2.05) is 0 Å². The average molecular weight is 706 g/mol. The maximum atomic E-state index is 5.25. The molecule has 320 valence electrons. The molecule has 40 heavy (non-hydrogen) atoms. The molecule has 32 nitrogen and oxygen atoms in total. The minimum absolute atomic E-state index is 0. The van der Waals surface area contributed by atoms with Crippen LogP contribution >= 0.6 is 0 Å². The van der Waals surface area contributed by atoms with Crippen molar-refractivity contribution in [2.75, 3.05) is 0 Å². The topological polar surface area (TPSA) is 1120 Å². The fourth-order valence-corrected chi connectivity index (χ4v) is 0. The van der Waals surface area contributed by atoms with Gasteiger partial charge in [0.1, 0.15) is 45.2 Å². The van der Waals surface area contributed by atoms with Crippen LogP contribution < -0.4 is 197 Å². The van der Waals surface area contributed by atoms with E-state index in [1.54, 1.807) is 0 Å². The molecule has 0 aliphatic heterocycles. The highest BCUT2D eigenvalue weighted by atomic mass is 14.0. The predicted molar refractivity (Wildman–Crippen MR) is 215 cm³/mol. The van der Waals surface area contributed by atoms with Gasteiger partial charge in [0.25, 0.3) is 0 Å². The molecule has 0 unspecified atom stereocenters. The number of rotatable bonds is 0. The summed E-state index contributed by atoms with van der Waals surface area (Å²) < 4.78 is 168. The van der Waals surface area contributed by atoms with Gasteiger partial charge in [-0.25, -0.2) is 0 Å². The Bertz CT molecular complexity index is 100. The normalized spacial score (nSPS) is 5.60. The van der Waals surface area contributed by atoms with Crippen molar-refractivity contribution in [3.05, 3.63) is 0 Å². The summed E-state index contributed by atoms with van der Waals surface area (Å²) >= 11 is 0. The van der Waals surface area contributed by atoms with Crippen molar-refractivity contribution >= 4 is 0 Å². The first-order valence-corrected chi connectivity index (χ1v) is 0. The molecule has 0 atom stereocenters. The molecule has 0 saturated heterocycles. The number of hydrogen-bond acceptors (Lipinski definition) is 32. The molecule has 0 aromatic rings. The highest BCUT2D eigenvalue weighted by Crippen LogP contribution is 0.152. The zero-order valence-corrected chi connectivity index (χ0v) is 18.5. The fourth-order valence-electron chi connectivity index (χ4n) is 0. The van der Waals surface area contributed by atoms with Gasteiger partial charge in [0.2, 0.25) is 0 Å². The van der Waals surface area contributed by atoms with E-state index in [2.05, 4.69) is 197 Å². The molecule has 0 aliphatic rings. The second-order valence-electron chi connectivity index (χ2n) is 0. The summed E-state index contributed by atoms with van der Waals surface area (Å²) in [6.45, 7) is 0. The summed E-state index contributed by atoms with van der Waals surface area (Å²) in [6, 6.07) is 0. The van der Waals surface area contributed by atoms with Crippen molar-refractivity contribution in [3.63, 3.8) is 0 Å². The van der Waals surface area contributed by atoms with Crippen molar-refractivity contribution in [1.82, 2.24) is 197 Å². The second-order valence-corrected chi connectivity index (χ2v) is 0. The Morgan fingerprint density at radius 2 is 0.100 bits per heavy atom. The molecule has 0 aromatic carbocycles. The highest BCUT2D eigenvalue weighted by Gasteiger charge is -0.0695. The molecule has 0 radical (unpaired) electrons.